The fourth-order valence-corrected chi connectivity index (χ4v) is 6.43. The SMILES string of the molecule is O=C(O)C1=CNC2CC(c3ccc([C@@H]4CC45CCN(C(=O)C4(O)CC4)CC5)cc3)CCC2=C1. The quantitative estimate of drug-likeness (QED) is 0.657. The molecular weight excluding hydrogens is 416 g/mol. The van der Waals surface area contributed by atoms with E-state index in [0.717, 1.165) is 45.2 Å². The van der Waals surface area contributed by atoms with Crippen molar-refractivity contribution in [2.75, 3.05) is 13.1 Å². The van der Waals surface area contributed by atoms with E-state index in [0.29, 0.717) is 35.7 Å². The van der Waals surface area contributed by atoms with E-state index in [2.05, 4.69) is 29.6 Å². The van der Waals surface area contributed by atoms with Gasteiger partial charge in [0.25, 0.3) is 5.91 Å². The Morgan fingerprint density at radius 1 is 1.03 bits per heavy atom. The second-order valence-corrected chi connectivity index (χ2v) is 10.9. The predicted octanol–water partition coefficient (Wildman–Crippen LogP) is 3.44. The van der Waals surface area contributed by atoms with Gasteiger partial charge in [-0.3, -0.25) is 4.79 Å². The predicted molar refractivity (Wildman–Crippen MR) is 124 cm³/mol. The first kappa shape index (κ1) is 21.0. The molecule has 1 aromatic carbocycles. The van der Waals surface area contributed by atoms with Gasteiger partial charge in [0.15, 0.2) is 0 Å². The number of carbonyl (C=O) groups is 2. The van der Waals surface area contributed by atoms with Crippen molar-refractivity contribution in [3.63, 3.8) is 0 Å². The number of hydrogen-bond acceptors (Lipinski definition) is 4. The Balaban J connectivity index is 1.06. The molecule has 33 heavy (non-hydrogen) atoms. The van der Waals surface area contributed by atoms with Crippen molar-refractivity contribution < 1.29 is 19.8 Å². The molecule has 5 aliphatic rings. The number of amides is 1. The second-order valence-electron chi connectivity index (χ2n) is 10.9. The number of rotatable bonds is 4. The fourth-order valence-electron chi connectivity index (χ4n) is 6.43. The summed E-state index contributed by atoms with van der Waals surface area (Å²) in [6.45, 7) is 1.56. The van der Waals surface area contributed by atoms with E-state index in [1.54, 1.807) is 6.20 Å². The van der Waals surface area contributed by atoms with Crippen LogP contribution in [0.25, 0.3) is 0 Å². The summed E-state index contributed by atoms with van der Waals surface area (Å²) in [7, 11) is 0. The summed E-state index contributed by atoms with van der Waals surface area (Å²) >= 11 is 0. The van der Waals surface area contributed by atoms with Crippen molar-refractivity contribution in [2.45, 2.75) is 74.8 Å². The summed E-state index contributed by atoms with van der Waals surface area (Å²) in [6.07, 6.45) is 11.0. The Kier molecular flexibility index (Phi) is 4.74. The molecule has 174 valence electrons. The van der Waals surface area contributed by atoms with E-state index in [9.17, 15) is 19.8 Å². The maximum absolute atomic E-state index is 12.4. The lowest BCUT2D eigenvalue weighted by Crippen LogP contribution is -2.45. The lowest BCUT2D eigenvalue weighted by molar-refractivity contribution is -0.144. The fraction of sp³-hybridized carbons (Fsp3) is 0.556. The molecule has 1 amide bonds. The summed E-state index contributed by atoms with van der Waals surface area (Å²) in [5.41, 5.74) is 3.65. The minimum absolute atomic E-state index is 0.0495. The number of nitrogens with zero attached hydrogens (tertiary/aromatic N) is 1. The summed E-state index contributed by atoms with van der Waals surface area (Å²) < 4.78 is 0. The molecule has 3 aliphatic carbocycles. The summed E-state index contributed by atoms with van der Waals surface area (Å²) in [5.74, 6) is 0.158. The average Bonchev–Trinajstić information content (AvgIpc) is 3.76. The lowest BCUT2D eigenvalue weighted by atomic mass is 9.77. The first-order valence-electron chi connectivity index (χ1n) is 12.4. The Morgan fingerprint density at radius 3 is 2.39 bits per heavy atom. The van der Waals surface area contributed by atoms with Gasteiger partial charge in [-0.25, -0.2) is 4.79 Å². The van der Waals surface area contributed by atoms with Crippen molar-refractivity contribution in [3.8, 4) is 0 Å². The largest absolute Gasteiger partial charge is 0.478 e. The molecular formula is C27H32N2O4. The van der Waals surface area contributed by atoms with Crippen LogP contribution in [0.4, 0.5) is 0 Å². The molecule has 0 bridgehead atoms. The third-order valence-corrected chi connectivity index (χ3v) is 8.95. The highest BCUT2D eigenvalue weighted by Gasteiger charge is 2.57. The highest BCUT2D eigenvalue weighted by Crippen LogP contribution is 2.65. The number of aliphatic hydroxyl groups is 1. The summed E-state index contributed by atoms with van der Waals surface area (Å²) in [4.78, 5) is 25.5. The average molecular weight is 449 g/mol. The second kappa shape index (κ2) is 7.45. The number of nitrogens with one attached hydrogen (secondary N) is 1. The van der Waals surface area contributed by atoms with Crippen LogP contribution in [0.2, 0.25) is 0 Å². The first-order valence-corrected chi connectivity index (χ1v) is 12.4. The Bertz CT molecular complexity index is 1040. The van der Waals surface area contributed by atoms with Gasteiger partial charge in [-0.1, -0.05) is 24.3 Å². The minimum atomic E-state index is -1.04. The van der Waals surface area contributed by atoms with Crippen LogP contribution < -0.4 is 5.32 Å². The van der Waals surface area contributed by atoms with E-state index in [1.807, 2.05) is 11.0 Å². The van der Waals surface area contributed by atoms with Crippen molar-refractivity contribution >= 4 is 11.9 Å². The molecule has 6 heteroatoms. The molecule has 4 fully saturated rings. The molecule has 2 heterocycles. The number of fused-ring (bicyclic) bond motifs is 1. The molecule has 6 nitrogen and oxygen atoms in total. The maximum Gasteiger partial charge on any atom is 0.337 e. The van der Waals surface area contributed by atoms with Crippen molar-refractivity contribution in [3.05, 3.63) is 58.8 Å². The van der Waals surface area contributed by atoms with E-state index in [1.165, 1.54) is 23.1 Å². The summed E-state index contributed by atoms with van der Waals surface area (Å²) in [6, 6.07) is 9.44. The van der Waals surface area contributed by atoms with Gasteiger partial charge in [-0.05, 0) is 91.4 Å². The molecule has 0 aromatic heterocycles. The molecule has 3 saturated carbocycles. The number of piperidine rings is 1. The normalized spacial score (nSPS) is 31.1. The van der Waals surface area contributed by atoms with Gasteiger partial charge in [0.05, 0.1) is 5.57 Å². The van der Waals surface area contributed by atoms with Crippen molar-refractivity contribution in [1.29, 1.82) is 0 Å². The van der Waals surface area contributed by atoms with Crippen LogP contribution in [0.1, 0.15) is 74.3 Å². The molecule has 2 aliphatic heterocycles. The number of carboxylic acids is 1. The number of aliphatic carboxylic acids is 1. The number of carbonyl (C=O) groups excluding carboxylic acids is 1. The van der Waals surface area contributed by atoms with Gasteiger partial charge < -0.3 is 20.4 Å². The zero-order valence-electron chi connectivity index (χ0n) is 18.9. The van der Waals surface area contributed by atoms with Gasteiger partial charge in [0, 0.05) is 25.3 Å². The van der Waals surface area contributed by atoms with Crippen LogP contribution in [0.5, 0.6) is 0 Å². The molecule has 3 N–H and O–H groups in total. The number of dihydropyridines is 1. The zero-order valence-corrected chi connectivity index (χ0v) is 18.9. The Morgan fingerprint density at radius 2 is 1.73 bits per heavy atom. The maximum atomic E-state index is 12.4. The standard InChI is InChI=1S/C27H32N2O4/c30-24(31)21-13-20-6-5-19(14-23(20)28-16-21)17-1-3-18(4-2-17)22-15-26(22)9-11-29(12-10-26)25(32)27(33)7-8-27/h1-4,13,16,19,22-23,28,33H,5-12,14-15H2,(H,30,31)/t19?,22-,23?/m0/s1. The van der Waals surface area contributed by atoms with E-state index in [4.69, 9.17) is 0 Å². The minimum Gasteiger partial charge on any atom is -0.478 e. The molecule has 1 spiro atoms. The third-order valence-electron chi connectivity index (χ3n) is 8.95. The van der Waals surface area contributed by atoms with Gasteiger partial charge in [-0.2, -0.15) is 0 Å². The third kappa shape index (κ3) is 3.68. The highest BCUT2D eigenvalue weighted by molar-refractivity contribution is 5.90. The first-order chi connectivity index (χ1) is 15.9. The molecule has 3 atom stereocenters. The highest BCUT2D eigenvalue weighted by atomic mass is 16.4. The molecule has 1 saturated heterocycles. The molecule has 6 rings (SSSR count). The summed E-state index contributed by atoms with van der Waals surface area (Å²) in [5, 5.41) is 22.7. The lowest BCUT2D eigenvalue weighted by Gasteiger charge is -2.35. The molecule has 1 aromatic rings. The van der Waals surface area contributed by atoms with Crippen LogP contribution in [-0.4, -0.2) is 51.7 Å². The molecule has 2 unspecified atom stereocenters. The topological polar surface area (TPSA) is 89.9 Å². The van der Waals surface area contributed by atoms with Gasteiger partial charge >= 0.3 is 5.97 Å². The Hall–Kier alpha value is -2.60. The number of benzene rings is 1. The van der Waals surface area contributed by atoms with Gasteiger partial charge in [0.2, 0.25) is 0 Å². The van der Waals surface area contributed by atoms with Crippen LogP contribution >= 0.6 is 0 Å². The zero-order chi connectivity index (χ0) is 22.8. The van der Waals surface area contributed by atoms with Crippen LogP contribution in [-0.2, 0) is 9.59 Å². The monoisotopic (exact) mass is 448 g/mol. The number of carboxylic acid groups (broad SMARTS) is 1. The number of hydrogen-bond donors (Lipinski definition) is 3. The van der Waals surface area contributed by atoms with Gasteiger partial charge in [-0.15, -0.1) is 0 Å². The van der Waals surface area contributed by atoms with Crippen LogP contribution in [0.3, 0.4) is 0 Å². The van der Waals surface area contributed by atoms with Crippen LogP contribution in [0, 0.1) is 5.41 Å². The Labute approximate surface area is 194 Å². The molecule has 0 radical (unpaired) electrons. The smallest absolute Gasteiger partial charge is 0.337 e. The van der Waals surface area contributed by atoms with E-state index in [-0.39, 0.29) is 11.9 Å². The number of likely N-dealkylation sites (tertiary alicyclic amines) is 1. The van der Waals surface area contributed by atoms with Gasteiger partial charge in [0.1, 0.15) is 5.60 Å². The van der Waals surface area contributed by atoms with E-state index < -0.39 is 11.6 Å². The van der Waals surface area contributed by atoms with Crippen molar-refractivity contribution in [2.24, 2.45) is 5.41 Å². The van der Waals surface area contributed by atoms with Crippen LogP contribution in [0.15, 0.2) is 47.7 Å². The van der Waals surface area contributed by atoms with E-state index >= 15 is 0 Å². The van der Waals surface area contributed by atoms with Crippen molar-refractivity contribution in [1.82, 2.24) is 10.2 Å².